The minimum absolute atomic E-state index is 0.0465. The molecule has 6 nitrogen and oxygen atoms in total. The predicted octanol–water partition coefficient (Wildman–Crippen LogP) is 3.37. The first-order valence-corrected chi connectivity index (χ1v) is 8.90. The summed E-state index contributed by atoms with van der Waals surface area (Å²) in [5, 5.41) is 5.57. The monoisotopic (exact) mass is 366 g/mol. The van der Waals surface area contributed by atoms with Crippen LogP contribution in [-0.2, 0) is 16.0 Å². The standard InChI is InChI=1S/C19H18N4O2S/c1-13(24)23(2)17-7-5-15(6-8-17)21-18(25)10-16-12-26-19(22-16)14-4-3-9-20-11-14/h3-9,11-12H,10H2,1-2H3,(H,21,25). The van der Waals surface area contributed by atoms with E-state index in [2.05, 4.69) is 15.3 Å². The molecule has 0 aliphatic carbocycles. The van der Waals surface area contributed by atoms with Crippen LogP contribution in [0.2, 0.25) is 0 Å². The Kier molecular flexibility index (Phi) is 5.38. The van der Waals surface area contributed by atoms with E-state index in [1.165, 1.54) is 18.3 Å². The predicted molar refractivity (Wildman–Crippen MR) is 103 cm³/mol. The molecule has 2 heterocycles. The lowest BCUT2D eigenvalue weighted by Crippen LogP contribution is -2.22. The lowest BCUT2D eigenvalue weighted by atomic mass is 10.2. The van der Waals surface area contributed by atoms with Crippen LogP contribution in [0.25, 0.3) is 10.6 Å². The summed E-state index contributed by atoms with van der Waals surface area (Å²) in [7, 11) is 1.71. The Hall–Kier alpha value is -3.06. The molecule has 132 valence electrons. The third kappa shape index (κ3) is 4.31. The van der Waals surface area contributed by atoms with Crippen molar-refractivity contribution >= 4 is 34.5 Å². The van der Waals surface area contributed by atoms with E-state index < -0.39 is 0 Å². The van der Waals surface area contributed by atoms with Crippen molar-refractivity contribution in [3.63, 3.8) is 0 Å². The van der Waals surface area contributed by atoms with Gasteiger partial charge in [0.15, 0.2) is 0 Å². The molecule has 0 radical (unpaired) electrons. The van der Waals surface area contributed by atoms with Gasteiger partial charge in [-0.05, 0) is 36.4 Å². The first-order chi connectivity index (χ1) is 12.5. The molecule has 1 N–H and O–H groups in total. The summed E-state index contributed by atoms with van der Waals surface area (Å²) in [6.07, 6.45) is 3.67. The molecule has 0 bridgehead atoms. The smallest absolute Gasteiger partial charge is 0.230 e. The second-order valence-corrected chi connectivity index (χ2v) is 6.59. The summed E-state index contributed by atoms with van der Waals surface area (Å²) in [6.45, 7) is 1.50. The van der Waals surface area contributed by atoms with Gasteiger partial charge in [0.1, 0.15) is 5.01 Å². The molecule has 2 aromatic heterocycles. The van der Waals surface area contributed by atoms with Crippen molar-refractivity contribution in [2.24, 2.45) is 0 Å². The van der Waals surface area contributed by atoms with E-state index >= 15 is 0 Å². The number of carbonyl (C=O) groups is 2. The zero-order valence-corrected chi connectivity index (χ0v) is 15.3. The van der Waals surface area contributed by atoms with Crippen LogP contribution in [0, 0.1) is 0 Å². The van der Waals surface area contributed by atoms with E-state index in [1.54, 1.807) is 48.6 Å². The van der Waals surface area contributed by atoms with Crippen LogP contribution >= 0.6 is 11.3 Å². The molecular formula is C19H18N4O2S. The highest BCUT2D eigenvalue weighted by Crippen LogP contribution is 2.23. The highest BCUT2D eigenvalue weighted by molar-refractivity contribution is 7.13. The first kappa shape index (κ1) is 17.8. The van der Waals surface area contributed by atoms with Crippen molar-refractivity contribution in [2.45, 2.75) is 13.3 Å². The van der Waals surface area contributed by atoms with Gasteiger partial charge in [0.25, 0.3) is 0 Å². The molecule has 0 saturated heterocycles. The lowest BCUT2D eigenvalue weighted by molar-refractivity contribution is -0.116. The van der Waals surface area contributed by atoms with Gasteiger partial charge in [-0.2, -0.15) is 0 Å². The Morgan fingerprint density at radius 1 is 1.19 bits per heavy atom. The van der Waals surface area contributed by atoms with Crippen LogP contribution in [-0.4, -0.2) is 28.8 Å². The van der Waals surface area contributed by atoms with Crippen LogP contribution in [0.15, 0.2) is 54.2 Å². The zero-order chi connectivity index (χ0) is 18.5. The average Bonchev–Trinajstić information content (AvgIpc) is 3.10. The molecule has 3 rings (SSSR count). The minimum Gasteiger partial charge on any atom is -0.326 e. The van der Waals surface area contributed by atoms with Gasteiger partial charge >= 0.3 is 0 Å². The number of nitrogens with zero attached hydrogens (tertiary/aromatic N) is 3. The van der Waals surface area contributed by atoms with E-state index in [0.29, 0.717) is 5.69 Å². The fraction of sp³-hybridized carbons (Fsp3) is 0.158. The van der Waals surface area contributed by atoms with Crippen LogP contribution in [0.4, 0.5) is 11.4 Å². The Morgan fingerprint density at radius 2 is 1.96 bits per heavy atom. The van der Waals surface area contributed by atoms with Crippen LogP contribution < -0.4 is 10.2 Å². The second kappa shape index (κ2) is 7.88. The van der Waals surface area contributed by atoms with Crippen molar-refractivity contribution in [1.29, 1.82) is 0 Å². The van der Waals surface area contributed by atoms with Gasteiger partial charge in [0.05, 0.1) is 12.1 Å². The van der Waals surface area contributed by atoms with Crippen LogP contribution in [0.5, 0.6) is 0 Å². The molecule has 0 aliphatic heterocycles. The molecule has 0 atom stereocenters. The number of rotatable bonds is 5. The number of pyridine rings is 1. The number of hydrogen-bond acceptors (Lipinski definition) is 5. The normalized spacial score (nSPS) is 10.4. The van der Waals surface area contributed by atoms with E-state index in [9.17, 15) is 9.59 Å². The number of benzene rings is 1. The second-order valence-electron chi connectivity index (χ2n) is 5.74. The van der Waals surface area contributed by atoms with Crippen molar-refractivity contribution < 1.29 is 9.59 Å². The number of hydrogen-bond donors (Lipinski definition) is 1. The summed E-state index contributed by atoms with van der Waals surface area (Å²) in [6, 6.07) is 10.9. The van der Waals surface area contributed by atoms with E-state index in [1.807, 2.05) is 17.5 Å². The van der Waals surface area contributed by atoms with Crippen molar-refractivity contribution in [1.82, 2.24) is 9.97 Å². The minimum atomic E-state index is -0.138. The van der Waals surface area contributed by atoms with Gasteiger partial charge in [-0.3, -0.25) is 14.6 Å². The molecule has 7 heteroatoms. The number of carbonyl (C=O) groups excluding carboxylic acids is 2. The number of nitrogens with one attached hydrogen (secondary N) is 1. The van der Waals surface area contributed by atoms with E-state index in [-0.39, 0.29) is 18.2 Å². The highest BCUT2D eigenvalue weighted by atomic mass is 32.1. The molecule has 1 aromatic carbocycles. The zero-order valence-electron chi connectivity index (χ0n) is 14.5. The number of amides is 2. The maximum absolute atomic E-state index is 12.2. The van der Waals surface area contributed by atoms with Gasteiger partial charge in [-0.1, -0.05) is 0 Å². The lowest BCUT2D eigenvalue weighted by Gasteiger charge is -2.15. The Bertz CT molecular complexity index is 907. The summed E-state index contributed by atoms with van der Waals surface area (Å²) in [5.41, 5.74) is 3.11. The fourth-order valence-corrected chi connectivity index (χ4v) is 3.14. The molecular weight excluding hydrogens is 348 g/mol. The Balaban J connectivity index is 1.61. The maximum Gasteiger partial charge on any atom is 0.230 e. The van der Waals surface area contributed by atoms with Gasteiger partial charge < -0.3 is 10.2 Å². The summed E-state index contributed by atoms with van der Waals surface area (Å²) < 4.78 is 0. The third-order valence-corrected chi connectivity index (χ3v) is 4.75. The van der Waals surface area contributed by atoms with Gasteiger partial charge in [-0.25, -0.2) is 4.98 Å². The molecule has 0 aliphatic rings. The number of aromatic nitrogens is 2. The van der Waals surface area contributed by atoms with Crippen LogP contribution in [0.1, 0.15) is 12.6 Å². The highest BCUT2D eigenvalue weighted by Gasteiger charge is 2.10. The molecule has 26 heavy (non-hydrogen) atoms. The Labute approximate surface area is 155 Å². The molecule has 0 saturated carbocycles. The van der Waals surface area contributed by atoms with Gasteiger partial charge in [0.2, 0.25) is 11.8 Å². The number of anilines is 2. The van der Waals surface area contributed by atoms with E-state index in [0.717, 1.165) is 22.0 Å². The maximum atomic E-state index is 12.2. The van der Waals surface area contributed by atoms with Crippen molar-refractivity contribution in [2.75, 3.05) is 17.3 Å². The van der Waals surface area contributed by atoms with Crippen molar-refractivity contribution in [3.05, 3.63) is 59.9 Å². The molecule has 2 amide bonds. The number of thiazole rings is 1. The third-order valence-electron chi connectivity index (χ3n) is 3.81. The fourth-order valence-electron chi connectivity index (χ4n) is 2.33. The SMILES string of the molecule is CC(=O)N(C)c1ccc(NC(=O)Cc2csc(-c3cccnc3)n2)cc1. The molecule has 0 fully saturated rings. The average molecular weight is 366 g/mol. The summed E-state index contributed by atoms with van der Waals surface area (Å²) in [5.74, 6) is -0.185. The summed E-state index contributed by atoms with van der Waals surface area (Å²) in [4.78, 5) is 33.7. The molecule has 0 unspecified atom stereocenters. The quantitative estimate of drug-likeness (QED) is 0.751. The molecule has 3 aromatic rings. The topological polar surface area (TPSA) is 75.2 Å². The largest absolute Gasteiger partial charge is 0.326 e. The van der Waals surface area contributed by atoms with Gasteiger partial charge in [-0.15, -0.1) is 11.3 Å². The van der Waals surface area contributed by atoms with Gasteiger partial charge in [0, 0.05) is 48.7 Å². The van der Waals surface area contributed by atoms with Crippen molar-refractivity contribution in [3.8, 4) is 10.6 Å². The van der Waals surface area contributed by atoms with Crippen LogP contribution in [0.3, 0.4) is 0 Å². The van der Waals surface area contributed by atoms with E-state index in [4.69, 9.17) is 0 Å². The molecule has 0 spiro atoms. The Morgan fingerprint density at radius 3 is 2.62 bits per heavy atom. The first-order valence-electron chi connectivity index (χ1n) is 8.02. The summed E-state index contributed by atoms with van der Waals surface area (Å²) >= 11 is 1.49.